The van der Waals surface area contributed by atoms with Gasteiger partial charge < -0.3 is 0 Å². The summed E-state index contributed by atoms with van der Waals surface area (Å²) >= 11 is 0. The molecule has 2 atom stereocenters. The molecule has 2 aliphatic carbocycles. The summed E-state index contributed by atoms with van der Waals surface area (Å²) in [6.45, 7) is 0. The van der Waals surface area contributed by atoms with E-state index in [4.69, 9.17) is 0 Å². The molecule has 0 aromatic carbocycles. The van der Waals surface area contributed by atoms with E-state index >= 15 is 0 Å². The molecule has 0 bridgehead atoms. The number of hydrogen-bond acceptors (Lipinski definition) is 1. The van der Waals surface area contributed by atoms with Gasteiger partial charge in [0.1, 0.15) is 0 Å². The van der Waals surface area contributed by atoms with Crippen molar-refractivity contribution in [2.75, 3.05) is 0 Å². The predicted octanol–water partition coefficient (Wildman–Crippen LogP) is 1.07. The third kappa shape index (κ3) is 0.363. The minimum atomic E-state index is 0.877. The summed E-state index contributed by atoms with van der Waals surface area (Å²) in [5.74, 6) is 1.87. The van der Waals surface area contributed by atoms with Crippen molar-refractivity contribution < 1.29 is 0 Å². The molecular formula is C7H8N2. The Kier molecular flexibility index (Phi) is 0.481. The lowest BCUT2D eigenvalue weighted by Gasteiger charge is -1.87. The Labute approximate surface area is 53.3 Å². The van der Waals surface area contributed by atoms with Crippen molar-refractivity contribution in [1.29, 1.82) is 0 Å². The van der Waals surface area contributed by atoms with Crippen molar-refractivity contribution in [1.82, 2.24) is 10.2 Å². The summed E-state index contributed by atoms with van der Waals surface area (Å²) in [7, 11) is 0. The molecule has 0 spiro atoms. The normalized spacial score (nSPS) is 36.0. The van der Waals surface area contributed by atoms with E-state index in [0.717, 1.165) is 11.8 Å². The maximum Gasteiger partial charge on any atom is 0.0522 e. The zero-order valence-corrected chi connectivity index (χ0v) is 5.09. The fourth-order valence-electron chi connectivity index (χ4n) is 1.91. The Morgan fingerprint density at radius 3 is 3.56 bits per heavy atom. The van der Waals surface area contributed by atoms with Crippen molar-refractivity contribution in [3.05, 3.63) is 17.5 Å². The molecule has 2 aliphatic rings. The first-order valence-electron chi connectivity index (χ1n) is 3.47. The van der Waals surface area contributed by atoms with Gasteiger partial charge in [0.2, 0.25) is 0 Å². The van der Waals surface area contributed by atoms with Crippen LogP contribution in [0.5, 0.6) is 0 Å². The largest absolute Gasteiger partial charge is 0.282 e. The van der Waals surface area contributed by atoms with Gasteiger partial charge >= 0.3 is 0 Å². The lowest BCUT2D eigenvalue weighted by Crippen LogP contribution is -1.79. The maximum absolute atomic E-state index is 4.00. The van der Waals surface area contributed by atoms with Gasteiger partial charge in [-0.15, -0.1) is 0 Å². The van der Waals surface area contributed by atoms with Crippen LogP contribution in [-0.4, -0.2) is 10.2 Å². The van der Waals surface area contributed by atoms with Gasteiger partial charge in [-0.25, -0.2) is 0 Å². The van der Waals surface area contributed by atoms with E-state index in [2.05, 4.69) is 10.2 Å². The second-order valence-corrected chi connectivity index (χ2v) is 3.12. The average molecular weight is 120 g/mol. The topological polar surface area (TPSA) is 28.7 Å². The Balaban J connectivity index is 2.25. The zero-order chi connectivity index (χ0) is 5.84. The van der Waals surface area contributed by atoms with Gasteiger partial charge in [-0.1, -0.05) is 0 Å². The predicted molar refractivity (Wildman–Crippen MR) is 33.1 cm³/mol. The van der Waals surface area contributed by atoms with Gasteiger partial charge in [-0.05, 0) is 24.3 Å². The second-order valence-electron chi connectivity index (χ2n) is 3.12. The standard InChI is InChI=1S/C7H8N2/c1-4-2-6(4)7-5(1)3-8-9-7/h3-4,6H,1-2H2,(H,8,9)/t4-,6+/m0/s1. The molecule has 1 aromatic heterocycles. The van der Waals surface area contributed by atoms with E-state index in [1.54, 1.807) is 0 Å². The van der Waals surface area contributed by atoms with E-state index in [-0.39, 0.29) is 0 Å². The highest BCUT2D eigenvalue weighted by Gasteiger charge is 2.46. The fourth-order valence-corrected chi connectivity index (χ4v) is 1.91. The van der Waals surface area contributed by atoms with Crippen LogP contribution in [0.2, 0.25) is 0 Å². The number of H-pyrrole nitrogens is 1. The third-order valence-corrected chi connectivity index (χ3v) is 2.53. The number of nitrogens with zero attached hydrogens (tertiary/aromatic N) is 1. The Bertz CT molecular complexity index is 251. The summed E-state index contributed by atoms with van der Waals surface area (Å²) in [5.41, 5.74) is 2.90. The molecule has 0 aliphatic heterocycles. The molecule has 1 aromatic rings. The number of aromatic amines is 1. The minimum absolute atomic E-state index is 0.877. The zero-order valence-electron chi connectivity index (χ0n) is 5.09. The quantitative estimate of drug-likeness (QED) is 0.545. The number of fused-ring (bicyclic) bond motifs is 3. The second kappa shape index (κ2) is 1.06. The van der Waals surface area contributed by atoms with Crippen LogP contribution in [0.4, 0.5) is 0 Å². The highest BCUT2D eigenvalue weighted by atomic mass is 15.1. The smallest absolute Gasteiger partial charge is 0.0522 e. The summed E-state index contributed by atoms with van der Waals surface area (Å²) in [5, 5.41) is 7.05. The van der Waals surface area contributed by atoms with Crippen LogP contribution >= 0.6 is 0 Å². The minimum Gasteiger partial charge on any atom is -0.282 e. The van der Waals surface area contributed by atoms with E-state index in [0.29, 0.717) is 0 Å². The summed E-state index contributed by atoms with van der Waals surface area (Å²) in [6, 6.07) is 0. The van der Waals surface area contributed by atoms with E-state index in [1.807, 2.05) is 6.20 Å². The molecule has 2 heteroatoms. The first-order chi connectivity index (χ1) is 4.45. The van der Waals surface area contributed by atoms with Gasteiger partial charge in [-0.3, -0.25) is 5.10 Å². The third-order valence-electron chi connectivity index (χ3n) is 2.53. The maximum atomic E-state index is 4.00. The molecule has 1 saturated carbocycles. The van der Waals surface area contributed by atoms with E-state index in [1.165, 1.54) is 24.1 Å². The molecule has 1 heterocycles. The van der Waals surface area contributed by atoms with Crippen LogP contribution in [0.3, 0.4) is 0 Å². The van der Waals surface area contributed by atoms with Crippen molar-refractivity contribution in [3.63, 3.8) is 0 Å². The molecule has 1 N–H and O–H groups in total. The molecule has 0 saturated heterocycles. The van der Waals surface area contributed by atoms with Crippen molar-refractivity contribution in [2.24, 2.45) is 5.92 Å². The van der Waals surface area contributed by atoms with E-state index in [9.17, 15) is 0 Å². The molecule has 9 heavy (non-hydrogen) atoms. The molecule has 46 valence electrons. The lowest BCUT2D eigenvalue weighted by atomic mass is 10.2. The first kappa shape index (κ1) is 4.09. The number of hydrogen-bond donors (Lipinski definition) is 1. The van der Waals surface area contributed by atoms with Gasteiger partial charge in [-0.2, -0.15) is 5.10 Å². The molecule has 3 rings (SSSR count). The average Bonchev–Trinajstić information content (AvgIpc) is 2.38. The van der Waals surface area contributed by atoms with E-state index < -0.39 is 0 Å². The van der Waals surface area contributed by atoms with Gasteiger partial charge in [0, 0.05) is 11.6 Å². The number of rotatable bonds is 0. The molecular weight excluding hydrogens is 112 g/mol. The monoisotopic (exact) mass is 120 g/mol. The molecule has 0 unspecified atom stereocenters. The summed E-state index contributed by atoms with van der Waals surface area (Å²) in [6.07, 6.45) is 4.67. The molecule has 1 fully saturated rings. The first-order valence-corrected chi connectivity index (χ1v) is 3.47. The molecule has 0 radical (unpaired) electrons. The van der Waals surface area contributed by atoms with Crippen LogP contribution in [0.1, 0.15) is 23.6 Å². The van der Waals surface area contributed by atoms with Gasteiger partial charge in [0.25, 0.3) is 0 Å². The fraction of sp³-hybridized carbons (Fsp3) is 0.571. The molecule has 0 amide bonds. The highest BCUT2D eigenvalue weighted by Crippen LogP contribution is 2.55. The SMILES string of the molecule is c1n[nH]c2c1C[C@H]1C[C@@H]21. The van der Waals surface area contributed by atoms with Crippen molar-refractivity contribution in [2.45, 2.75) is 18.8 Å². The van der Waals surface area contributed by atoms with Crippen LogP contribution < -0.4 is 0 Å². The highest BCUT2D eigenvalue weighted by molar-refractivity contribution is 5.34. The lowest BCUT2D eigenvalue weighted by molar-refractivity contribution is 0.841. The van der Waals surface area contributed by atoms with Gasteiger partial charge in [0.15, 0.2) is 0 Å². The molecule has 2 nitrogen and oxygen atoms in total. The Morgan fingerprint density at radius 1 is 1.67 bits per heavy atom. The van der Waals surface area contributed by atoms with Gasteiger partial charge in [0.05, 0.1) is 6.20 Å². The number of aromatic nitrogens is 2. The Hall–Kier alpha value is -0.790. The van der Waals surface area contributed by atoms with Crippen LogP contribution in [0.15, 0.2) is 6.20 Å². The van der Waals surface area contributed by atoms with Crippen molar-refractivity contribution >= 4 is 0 Å². The Morgan fingerprint density at radius 2 is 2.67 bits per heavy atom. The van der Waals surface area contributed by atoms with Crippen LogP contribution in [0.25, 0.3) is 0 Å². The van der Waals surface area contributed by atoms with Crippen LogP contribution in [0, 0.1) is 5.92 Å². The summed E-state index contributed by atoms with van der Waals surface area (Å²) in [4.78, 5) is 0. The van der Waals surface area contributed by atoms with Crippen molar-refractivity contribution in [3.8, 4) is 0 Å². The number of nitrogens with one attached hydrogen (secondary N) is 1. The summed E-state index contributed by atoms with van der Waals surface area (Å²) < 4.78 is 0. The van der Waals surface area contributed by atoms with Crippen LogP contribution in [-0.2, 0) is 6.42 Å².